The van der Waals surface area contributed by atoms with Crippen molar-refractivity contribution in [3.8, 4) is 0 Å². The molecule has 1 aromatic rings. The maximum atomic E-state index is 11.1. The van der Waals surface area contributed by atoms with Crippen molar-refractivity contribution < 1.29 is 9.90 Å². The van der Waals surface area contributed by atoms with Crippen molar-refractivity contribution >= 4 is 17.6 Å². The van der Waals surface area contributed by atoms with E-state index < -0.39 is 12.0 Å². The molecule has 1 aromatic carbocycles. The molecule has 100 valence electrons. The molecule has 2 N–H and O–H groups in total. The summed E-state index contributed by atoms with van der Waals surface area (Å²) < 4.78 is 0. The molecule has 0 aliphatic heterocycles. The van der Waals surface area contributed by atoms with Crippen LogP contribution in [0.2, 0.25) is 5.02 Å². The molecule has 0 saturated heterocycles. The van der Waals surface area contributed by atoms with Gasteiger partial charge in [-0.15, -0.1) is 0 Å². The zero-order chi connectivity index (χ0) is 13.7. The van der Waals surface area contributed by atoms with Gasteiger partial charge in [0.05, 0.1) is 0 Å². The first-order valence-corrected chi connectivity index (χ1v) is 6.49. The fourth-order valence-electron chi connectivity index (χ4n) is 1.77. The van der Waals surface area contributed by atoms with E-state index >= 15 is 0 Å². The number of halogens is 1. The highest BCUT2D eigenvalue weighted by Gasteiger charge is 2.18. The summed E-state index contributed by atoms with van der Waals surface area (Å²) in [5, 5.41) is 12.8. The number of rotatable bonds is 6. The van der Waals surface area contributed by atoms with Crippen LogP contribution in [-0.2, 0) is 11.3 Å². The molecule has 4 heteroatoms. The van der Waals surface area contributed by atoms with E-state index in [1.807, 2.05) is 39.0 Å². The van der Waals surface area contributed by atoms with Crippen LogP contribution in [0.3, 0.4) is 0 Å². The van der Waals surface area contributed by atoms with Crippen molar-refractivity contribution in [1.29, 1.82) is 0 Å². The predicted molar refractivity (Wildman–Crippen MR) is 73.9 cm³/mol. The third kappa shape index (κ3) is 4.67. The summed E-state index contributed by atoms with van der Waals surface area (Å²) in [4.78, 5) is 11.1. The normalized spacial score (nSPS) is 12.7. The predicted octanol–water partition coefficient (Wildman–Crippen LogP) is 3.24. The van der Waals surface area contributed by atoms with Gasteiger partial charge in [0.15, 0.2) is 0 Å². The zero-order valence-electron chi connectivity index (χ0n) is 11.0. The number of nitrogens with one attached hydrogen (secondary N) is 1. The number of hydrogen-bond acceptors (Lipinski definition) is 2. The van der Waals surface area contributed by atoms with Gasteiger partial charge < -0.3 is 10.4 Å². The fraction of sp³-hybridized carbons (Fsp3) is 0.500. The lowest BCUT2D eigenvalue weighted by Gasteiger charge is -2.17. The maximum absolute atomic E-state index is 11.1. The molecule has 0 bridgehead atoms. The summed E-state index contributed by atoms with van der Waals surface area (Å²) in [6.07, 6.45) is 0.610. The van der Waals surface area contributed by atoms with E-state index in [0.29, 0.717) is 23.9 Å². The number of hydrogen-bond donors (Lipinski definition) is 2. The topological polar surface area (TPSA) is 49.3 Å². The number of aliphatic carboxylic acids is 1. The molecule has 1 atom stereocenters. The standard InChI is InChI=1S/C14H20ClNO2/c1-9(2)6-13(14(17)18)16-8-11-5-4-10(3)7-12(11)15/h4-5,7,9,13,16H,6,8H2,1-3H3,(H,17,18). The van der Waals surface area contributed by atoms with Crippen LogP contribution in [-0.4, -0.2) is 17.1 Å². The Labute approximate surface area is 113 Å². The second-order valence-electron chi connectivity index (χ2n) is 5.00. The Morgan fingerprint density at radius 2 is 2.11 bits per heavy atom. The SMILES string of the molecule is Cc1ccc(CNC(CC(C)C)C(=O)O)c(Cl)c1. The van der Waals surface area contributed by atoms with Crippen molar-refractivity contribution in [2.75, 3.05) is 0 Å². The van der Waals surface area contributed by atoms with Crippen LogP contribution >= 0.6 is 11.6 Å². The Kier molecular flexibility index (Phi) is 5.63. The molecule has 0 aromatic heterocycles. The van der Waals surface area contributed by atoms with Gasteiger partial charge >= 0.3 is 5.97 Å². The number of carbonyl (C=O) groups is 1. The van der Waals surface area contributed by atoms with Gasteiger partial charge in [-0.3, -0.25) is 4.79 Å². The lowest BCUT2D eigenvalue weighted by Crippen LogP contribution is -2.37. The van der Waals surface area contributed by atoms with E-state index in [4.69, 9.17) is 16.7 Å². The van der Waals surface area contributed by atoms with Crippen molar-refractivity contribution in [3.63, 3.8) is 0 Å². The molecule has 0 heterocycles. The molecule has 1 rings (SSSR count). The summed E-state index contributed by atoms with van der Waals surface area (Å²) in [6.45, 7) is 6.47. The van der Waals surface area contributed by atoms with E-state index in [1.54, 1.807) is 0 Å². The molecular formula is C14H20ClNO2. The summed E-state index contributed by atoms with van der Waals surface area (Å²) in [5.74, 6) is -0.473. The van der Waals surface area contributed by atoms with Gasteiger partial charge in [0, 0.05) is 11.6 Å². The largest absolute Gasteiger partial charge is 0.480 e. The summed E-state index contributed by atoms with van der Waals surface area (Å²) in [5.41, 5.74) is 2.03. The maximum Gasteiger partial charge on any atom is 0.320 e. The lowest BCUT2D eigenvalue weighted by molar-refractivity contribution is -0.140. The van der Waals surface area contributed by atoms with Crippen molar-refractivity contribution in [1.82, 2.24) is 5.32 Å². The van der Waals surface area contributed by atoms with E-state index in [0.717, 1.165) is 11.1 Å². The molecule has 1 unspecified atom stereocenters. The van der Waals surface area contributed by atoms with Gasteiger partial charge in [-0.1, -0.05) is 37.6 Å². The lowest BCUT2D eigenvalue weighted by atomic mass is 10.0. The van der Waals surface area contributed by atoms with Crippen LogP contribution in [0.25, 0.3) is 0 Å². The average Bonchev–Trinajstić information content (AvgIpc) is 2.25. The molecular weight excluding hydrogens is 250 g/mol. The van der Waals surface area contributed by atoms with Gasteiger partial charge in [0.1, 0.15) is 6.04 Å². The second-order valence-corrected chi connectivity index (χ2v) is 5.40. The molecule has 0 spiro atoms. The van der Waals surface area contributed by atoms with E-state index in [9.17, 15) is 4.79 Å². The highest BCUT2D eigenvalue weighted by atomic mass is 35.5. The molecule has 18 heavy (non-hydrogen) atoms. The highest BCUT2D eigenvalue weighted by Crippen LogP contribution is 2.17. The van der Waals surface area contributed by atoms with Gasteiger partial charge in [0.25, 0.3) is 0 Å². The first kappa shape index (κ1) is 15.0. The van der Waals surface area contributed by atoms with Crippen LogP contribution in [0.5, 0.6) is 0 Å². The fourth-order valence-corrected chi connectivity index (χ4v) is 2.07. The molecule has 0 aliphatic rings. The summed E-state index contributed by atoms with van der Waals surface area (Å²) >= 11 is 6.11. The smallest absolute Gasteiger partial charge is 0.320 e. The Hall–Kier alpha value is -1.06. The van der Waals surface area contributed by atoms with E-state index in [-0.39, 0.29) is 0 Å². The first-order chi connectivity index (χ1) is 8.40. The number of carboxylic acids is 1. The van der Waals surface area contributed by atoms with Crippen molar-refractivity contribution in [2.45, 2.75) is 39.8 Å². The minimum atomic E-state index is -0.813. The summed E-state index contributed by atoms with van der Waals surface area (Å²) in [7, 11) is 0. The highest BCUT2D eigenvalue weighted by molar-refractivity contribution is 6.31. The summed E-state index contributed by atoms with van der Waals surface area (Å²) in [6, 6.07) is 5.26. The van der Waals surface area contributed by atoms with Crippen molar-refractivity contribution in [3.05, 3.63) is 34.3 Å². The van der Waals surface area contributed by atoms with Gasteiger partial charge in [0.2, 0.25) is 0 Å². The number of carboxylic acid groups (broad SMARTS) is 1. The van der Waals surface area contributed by atoms with Crippen LogP contribution in [0.15, 0.2) is 18.2 Å². The third-order valence-corrected chi connectivity index (χ3v) is 3.10. The monoisotopic (exact) mass is 269 g/mol. The van der Waals surface area contributed by atoms with E-state index in [1.165, 1.54) is 0 Å². The quantitative estimate of drug-likeness (QED) is 0.834. The van der Waals surface area contributed by atoms with Gasteiger partial charge in [-0.2, -0.15) is 0 Å². The Morgan fingerprint density at radius 1 is 1.44 bits per heavy atom. The number of benzene rings is 1. The third-order valence-electron chi connectivity index (χ3n) is 2.75. The first-order valence-electron chi connectivity index (χ1n) is 6.11. The average molecular weight is 270 g/mol. The molecule has 0 aliphatic carbocycles. The van der Waals surface area contributed by atoms with Crippen LogP contribution < -0.4 is 5.32 Å². The Morgan fingerprint density at radius 3 is 2.61 bits per heavy atom. The van der Waals surface area contributed by atoms with Gasteiger partial charge in [-0.25, -0.2) is 0 Å². The second kappa shape index (κ2) is 6.76. The minimum Gasteiger partial charge on any atom is -0.480 e. The molecule has 0 amide bonds. The minimum absolute atomic E-state index is 0.340. The Bertz CT molecular complexity index is 418. The molecule has 0 radical (unpaired) electrons. The van der Waals surface area contributed by atoms with Crippen LogP contribution in [0, 0.1) is 12.8 Å². The van der Waals surface area contributed by atoms with E-state index in [2.05, 4.69) is 5.32 Å². The molecule has 0 fully saturated rings. The van der Waals surface area contributed by atoms with Crippen molar-refractivity contribution in [2.24, 2.45) is 5.92 Å². The number of aryl methyl sites for hydroxylation is 1. The Balaban J connectivity index is 2.64. The van der Waals surface area contributed by atoms with Crippen LogP contribution in [0.4, 0.5) is 0 Å². The molecule has 0 saturated carbocycles. The molecule has 3 nitrogen and oxygen atoms in total. The van der Waals surface area contributed by atoms with Crippen LogP contribution in [0.1, 0.15) is 31.4 Å². The zero-order valence-corrected chi connectivity index (χ0v) is 11.8. The van der Waals surface area contributed by atoms with Gasteiger partial charge in [-0.05, 0) is 36.5 Å².